The molecule has 200 valence electrons. The average molecular weight is 521 g/mol. The van der Waals surface area contributed by atoms with E-state index in [4.69, 9.17) is 4.98 Å². The summed E-state index contributed by atoms with van der Waals surface area (Å²) in [5.41, 5.74) is 6.49. The first-order valence-electron chi connectivity index (χ1n) is 13.6. The molecule has 1 N–H and O–H groups in total. The molecule has 1 fully saturated rings. The van der Waals surface area contributed by atoms with Crippen molar-refractivity contribution in [3.8, 4) is 33.6 Å². The molecule has 0 spiro atoms. The second-order valence-corrected chi connectivity index (χ2v) is 10.9. The molecule has 7 heteroatoms. The number of amides is 1. The number of anilines is 1. The summed E-state index contributed by atoms with van der Waals surface area (Å²) in [6.07, 6.45) is 5.50. The summed E-state index contributed by atoms with van der Waals surface area (Å²) in [5, 5.41) is 3.33. The Morgan fingerprint density at radius 1 is 0.846 bits per heavy atom. The topological polar surface area (TPSA) is 74.2 Å². The first kappa shape index (κ1) is 26.5. The molecular formula is C32H36N6O. The van der Waals surface area contributed by atoms with Crippen LogP contribution in [0.1, 0.15) is 38.1 Å². The number of hydrogen-bond acceptors (Lipinski definition) is 6. The number of pyridine rings is 3. The van der Waals surface area contributed by atoms with Gasteiger partial charge in [-0.3, -0.25) is 19.7 Å². The Bertz CT molecular complexity index is 1420. The van der Waals surface area contributed by atoms with E-state index in [1.807, 2.05) is 71.9 Å². The summed E-state index contributed by atoms with van der Waals surface area (Å²) in [4.78, 5) is 31.3. The summed E-state index contributed by atoms with van der Waals surface area (Å²) in [7, 11) is 0. The van der Waals surface area contributed by atoms with Gasteiger partial charge in [-0.2, -0.15) is 0 Å². The van der Waals surface area contributed by atoms with E-state index in [9.17, 15) is 4.79 Å². The van der Waals surface area contributed by atoms with Gasteiger partial charge in [0, 0.05) is 73.5 Å². The lowest BCUT2D eigenvalue weighted by atomic mass is 10.00. The standard InChI is InChI=1S/C32H36N6O/c1-5-34-30-20-25(19-29(36-30)28-8-6-7-13-35-28)27-18-26(21-33-22-27)23-9-11-24(12-10-23)31(39)37-14-16-38(17-15-37)32(2,3)4/h6-13,18-22H,5,14-17H2,1-4H3,(H,34,36). The second kappa shape index (κ2) is 11.3. The van der Waals surface area contributed by atoms with Gasteiger partial charge < -0.3 is 10.2 Å². The highest BCUT2D eigenvalue weighted by atomic mass is 16.2. The van der Waals surface area contributed by atoms with Gasteiger partial charge in [-0.15, -0.1) is 0 Å². The SMILES string of the molecule is CCNc1cc(-c2cncc(-c3ccc(C(=O)N4CCN(C(C)(C)C)CC4)cc3)c2)cc(-c2ccccn2)n1. The number of nitrogens with zero attached hydrogens (tertiary/aromatic N) is 5. The van der Waals surface area contributed by atoms with Crippen molar-refractivity contribution in [2.45, 2.75) is 33.2 Å². The molecule has 3 aromatic heterocycles. The number of nitrogens with one attached hydrogen (secondary N) is 1. The molecule has 1 aliphatic rings. The largest absolute Gasteiger partial charge is 0.370 e. The fourth-order valence-electron chi connectivity index (χ4n) is 4.94. The van der Waals surface area contributed by atoms with Gasteiger partial charge in [0.25, 0.3) is 5.91 Å². The summed E-state index contributed by atoms with van der Waals surface area (Å²) < 4.78 is 0. The van der Waals surface area contributed by atoms with E-state index in [0.717, 1.165) is 77.7 Å². The van der Waals surface area contributed by atoms with Crippen molar-refractivity contribution in [2.75, 3.05) is 38.0 Å². The van der Waals surface area contributed by atoms with E-state index >= 15 is 0 Å². The first-order valence-corrected chi connectivity index (χ1v) is 13.6. The molecule has 0 bridgehead atoms. The first-order chi connectivity index (χ1) is 18.8. The van der Waals surface area contributed by atoms with Crippen LogP contribution in [-0.4, -0.2) is 68.9 Å². The highest BCUT2D eigenvalue weighted by Gasteiger charge is 2.28. The van der Waals surface area contributed by atoms with Crippen molar-refractivity contribution < 1.29 is 4.79 Å². The van der Waals surface area contributed by atoms with Crippen molar-refractivity contribution in [1.82, 2.24) is 24.8 Å². The molecule has 0 radical (unpaired) electrons. The summed E-state index contributed by atoms with van der Waals surface area (Å²) in [5.74, 6) is 0.893. The fraction of sp³-hybridized carbons (Fsp3) is 0.312. The van der Waals surface area contributed by atoms with Crippen LogP contribution in [0.25, 0.3) is 33.6 Å². The molecular weight excluding hydrogens is 484 g/mol. The number of piperazine rings is 1. The zero-order valence-corrected chi connectivity index (χ0v) is 23.2. The Hall–Kier alpha value is -4.10. The van der Waals surface area contributed by atoms with Gasteiger partial charge in [-0.25, -0.2) is 4.98 Å². The van der Waals surface area contributed by atoms with E-state index in [0.29, 0.717) is 0 Å². The molecule has 0 unspecified atom stereocenters. The van der Waals surface area contributed by atoms with Gasteiger partial charge in [0.2, 0.25) is 0 Å². The molecule has 1 aromatic carbocycles. The smallest absolute Gasteiger partial charge is 0.253 e. The molecule has 5 rings (SSSR count). The van der Waals surface area contributed by atoms with Crippen LogP contribution in [0.2, 0.25) is 0 Å². The number of carbonyl (C=O) groups excluding carboxylic acids is 1. The Labute approximate surface area is 231 Å². The number of carbonyl (C=O) groups is 1. The lowest BCUT2D eigenvalue weighted by Gasteiger charge is -2.42. The molecule has 1 amide bonds. The van der Waals surface area contributed by atoms with Crippen LogP contribution in [-0.2, 0) is 0 Å². The molecule has 0 atom stereocenters. The van der Waals surface area contributed by atoms with Crippen molar-refractivity contribution in [2.24, 2.45) is 0 Å². The van der Waals surface area contributed by atoms with Gasteiger partial charge >= 0.3 is 0 Å². The normalized spacial score (nSPS) is 14.3. The summed E-state index contributed by atoms with van der Waals surface area (Å²) in [6, 6.07) is 19.9. The zero-order chi connectivity index (χ0) is 27.4. The molecule has 1 saturated heterocycles. The van der Waals surface area contributed by atoms with Crippen LogP contribution >= 0.6 is 0 Å². The molecule has 1 aliphatic heterocycles. The highest BCUT2D eigenvalue weighted by molar-refractivity contribution is 5.95. The van der Waals surface area contributed by atoms with Gasteiger partial charge in [-0.1, -0.05) is 18.2 Å². The molecule has 4 heterocycles. The maximum Gasteiger partial charge on any atom is 0.253 e. The Morgan fingerprint density at radius 2 is 1.56 bits per heavy atom. The van der Waals surface area contributed by atoms with E-state index in [1.54, 1.807) is 6.20 Å². The number of rotatable bonds is 6. The van der Waals surface area contributed by atoms with E-state index in [2.05, 4.69) is 53.9 Å². The Morgan fingerprint density at radius 3 is 2.21 bits per heavy atom. The highest BCUT2D eigenvalue weighted by Crippen LogP contribution is 2.30. The summed E-state index contributed by atoms with van der Waals surface area (Å²) in [6.45, 7) is 12.8. The third-order valence-electron chi connectivity index (χ3n) is 7.16. The van der Waals surface area contributed by atoms with Crippen LogP contribution in [0.15, 0.2) is 79.3 Å². The maximum absolute atomic E-state index is 13.2. The number of benzene rings is 1. The minimum Gasteiger partial charge on any atom is -0.370 e. The predicted octanol–water partition coefficient (Wildman–Crippen LogP) is 5.86. The number of aromatic nitrogens is 3. The third kappa shape index (κ3) is 6.15. The van der Waals surface area contributed by atoms with Crippen LogP contribution < -0.4 is 5.32 Å². The van der Waals surface area contributed by atoms with Crippen LogP contribution in [0, 0.1) is 0 Å². The van der Waals surface area contributed by atoms with Crippen molar-refractivity contribution >= 4 is 11.7 Å². The quantitative estimate of drug-likeness (QED) is 0.343. The number of hydrogen-bond donors (Lipinski definition) is 1. The lowest BCUT2D eigenvalue weighted by Crippen LogP contribution is -2.54. The summed E-state index contributed by atoms with van der Waals surface area (Å²) >= 11 is 0. The lowest BCUT2D eigenvalue weighted by molar-refractivity contribution is 0.0451. The second-order valence-electron chi connectivity index (χ2n) is 10.9. The minimum atomic E-state index is 0.0942. The Kier molecular flexibility index (Phi) is 7.70. The van der Waals surface area contributed by atoms with Crippen molar-refractivity contribution in [3.05, 3.63) is 84.8 Å². The third-order valence-corrected chi connectivity index (χ3v) is 7.16. The van der Waals surface area contributed by atoms with Crippen molar-refractivity contribution in [3.63, 3.8) is 0 Å². The van der Waals surface area contributed by atoms with E-state index in [-0.39, 0.29) is 11.4 Å². The van der Waals surface area contributed by atoms with E-state index in [1.165, 1.54) is 0 Å². The fourth-order valence-corrected chi connectivity index (χ4v) is 4.94. The zero-order valence-electron chi connectivity index (χ0n) is 23.2. The molecule has 4 aromatic rings. The molecule has 7 nitrogen and oxygen atoms in total. The van der Waals surface area contributed by atoms with Crippen molar-refractivity contribution in [1.29, 1.82) is 0 Å². The van der Waals surface area contributed by atoms with Gasteiger partial charge in [-0.05, 0) is 81.3 Å². The molecule has 0 saturated carbocycles. The average Bonchev–Trinajstić information content (AvgIpc) is 2.97. The predicted molar refractivity (Wildman–Crippen MR) is 158 cm³/mol. The van der Waals surface area contributed by atoms with Crippen LogP contribution in [0.5, 0.6) is 0 Å². The molecule has 39 heavy (non-hydrogen) atoms. The van der Waals surface area contributed by atoms with E-state index < -0.39 is 0 Å². The van der Waals surface area contributed by atoms with Gasteiger partial charge in [0.05, 0.1) is 11.4 Å². The van der Waals surface area contributed by atoms with Crippen LogP contribution in [0.3, 0.4) is 0 Å². The Balaban J connectivity index is 1.36. The van der Waals surface area contributed by atoms with Gasteiger partial charge in [0.1, 0.15) is 5.82 Å². The minimum absolute atomic E-state index is 0.0942. The van der Waals surface area contributed by atoms with Gasteiger partial charge in [0.15, 0.2) is 0 Å². The van der Waals surface area contributed by atoms with Crippen LogP contribution in [0.4, 0.5) is 5.82 Å². The maximum atomic E-state index is 13.2. The molecule has 0 aliphatic carbocycles. The monoisotopic (exact) mass is 520 g/mol.